The lowest BCUT2D eigenvalue weighted by Crippen LogP contribution is -2.50. The Labute approximate surface area is 193 Å². The molecule has 7 heteroatoms. The molecule has 0 spiro atoms. The number of hydrogen-bond donors (Lipinski definition) is 0. The zero-order chi connectivity index (χ0) is 23.7. The van der Waals surface area contributed by atoms with Crippen LogP contribution in [-0.4, -0.2) is 54.4 Å². The molecule has 3 aromatic rings. The van der Waals surface area contributed by atoms with Gasteiger partial charge in [0.05, 0.1) is 12.9 Å². The molecule has 0 N–H and O–H groups in total. The average molecular weight is 451 g/mol. The summed E-state index contributed by atoms with van der Waals surface area (Å²) in [7, 11) is 0. The summed E-state index contributed by atoms with van der Waals surface area (Å²) in [5, 5.41) is 1.04. The maximum Gasteiger partial charge on any atom is 0.289 e. The highest BCUT2D eigenvalue weighted by Gasteiger charge is 2.26. The Morgan fingerprint density at radius 1 is 1.09 bits per heavy atom. The van der Waals surface area contributed by atoms with Crippen molar-refractivity contribution in [1.29, 1.82) is 0 Å². The molecule has 1 saturated heterocycles. The molecule has 1 aromatic carbocycles. The fraction of sp³-hybridized carbons (Fsp3) is 0.385. The largest absolute Gasteiger partial charge is 0.493 e. The molecule has 1 aliphatic rings. The van der Waals surface area contributed by atoms with Crippen LogP contribution >= 0.6 is 0 Å². The van der Waals surface area contributed by atoms with Gasteiger partial charge in [-0.25, -0.2) is 0 Å². The molecule has 0 unspecified atom stereocenters. The third kappa shape index (κ3) is 4.27. The van der Waals surface area contributed by atoms with Gasteiger partial charge in [0.2, 0.25) is 5.91 Å². The first-order valence-corrected chi connectivity index (χ1v) is 11.3. The quantitative estimate of drug-likeness (QED) is 0.525. The number of nitrogens with zero attached hydrogens (tertiary/aromatic N) is 2. The van der Waals surface area contributed by atoms with E-state index in [1.54, 1.807) is 28.0 Å². The smallest absolute Gasteiger partial charge is 0.289 e. The number of ether oxygens (including phenoxy) is 1. The van der Waals surface area contributed by atoms with E-state index >= 15 is 0 Å². The van der Waals surface area contributed by atoms with Crippen molar-refractivity contribution in [1.82, 2.24) is 9.80 Å². The number of fused-ring (bicyclic) bond motifs is 1. The molecule has 0 saturated carbocycles. The van der Waals surface area contributed by atoms with E-state index in [1.165, 1.54) is 6.26 Å². The van der Waals surface area contributed by atoms with Gasteiger partial charge in [0, 0.05) is 48.8 Å². The fourth-order valence-electron chi connectivity index (χ4n) is 4.28. The van der Waals surface area contributed by atoms with Crippen molar-refractivity contribution >= 4 is 28.4 Å². The molecule has 174 valence electrons. The Bertz CT molecular complexity index is 1210. The van der Waals surface area contributed by atoms with E-state index in [9.17, 15) is 9.59 Å². The van der Waals surface area contributed by atoms with E-state index in [0.29, 0.717) is 38.5 Å². The first-order valence-electron chi connectivity index (χ1n) is 11.3. The van der Waals surface area contributed by atoms with Crippen molar-refractivity contribution < 1.29 is 23.2 Å². The summed E-state index contributed by atoms with van der Waals surface area (Å²) < 4.78 is 17.1. The predicted octanol–water partition coefficient (Wildman–Crippen LogP) is 4.74. The summed E-state index contributed by atoms with van der Waals surface area (Å²) in [6.07, 6.45) is 3.15. The standard InChI is InChI=1S/C26H30N2O5/c1-6-31-24-18(4)25-21(17(3)19(5)33-25)15-20(24)16(2)14-23(29)27-9-11-28(12-10-27)26(30)22-8-7-13-32-22/h7-8,13-15H,6,9-12H2,1-5H3/b16-14+. The van der Waals surface area contributed by atoms with Crippen molar-refractivity contribution in [2.45, 2.75) is 34.6 Å². The number of piperazine rings is 1. The van der Waals surface area contributed by atoms with Gasteiger partial charge in [0.25, 0.3) is 5.91 Å². The maximum absolute atomic E-state index is 13.0. The number of aryl methyl sites for hydroxylation is 3. The second-order valence-electron chi connectivity index (χ2n) is 8.39. The minimum Gasteiger partial charge on any atom is -0.493 e. The third-order valence-electron chi connectivity index (χ3n) is 6.31. The van der Waals surface area contributed by atoms with Crippen LogP contribution in [0.1, 0.15) is 46.9 Å². The van der Waals surface area contributed by atoms with E-state index in [0.717, 1.165) is 44.7 Å². The van der Waals surface area contributed by atoms with Gasteiger partial charge in [-0.3, -0.25) is 9.59 Å². The molecule has 2 amide bonds. The molecule has 7 nitrogen and oxygen atoms in total. The fourth-order valence-corrected chi connectivity index (χ4v) is 4.28. The number of allylic oxidation sites excluding steroid dienone is 1. The number of amides is 2. The highest BCUT2D eigenvalue weighted by Crippen LogP contribution is 2.39. The predicted molar refractivity (Wildman–Crippen MR) is 126 cm³/mol. The zero-order valence-electron chi connectivity index (χ0n) is 19.9. The highest BCUT2D eigenvalue weighted by atomic mass is 16.5. The summed E-state index contributed by atoms with van der Waals surface area (Å²) in [4.78, 5) is 29.0. The summed E-state index contributed by atoms with van der Waals surface area (Å²) >= 11 is 0. The topological polar surface area (TPSA) is 76.1 Å². The normalized spacial score (nSPS) is 14.8. The van der Waals surface area contributed by atoms with Crippen LogP contribution in [0.3, 0.4) is 0 Å². The number of rotatable bonds is 5. The van der Waals surface area contributed by atoms with Crippen LogP contribution in [0.15, 0.2) is 39.4 Å². The first kappa shape index (κ1) is 22.7. The van der Waals surface area contributed by atoms with Gasteiger partial charge < -0.3 is 23.4 Å². The van der Waals surface area contributed by atoms with Crippen molar-refractivity contribution in [3.05, 3.63) is 58.7 Å². The van der Waals surface area contributed by atoms with Gasteiger partial charge in [0.15, 0.2) is 5.76 Å². The number of carbonyl (C=O) groups is 2. The van der Waals surface area contributed by atoms with E-state index < -0.39 is 0 Å². The Morgan fingerprint density at radius 2 is 1.79 bits per heavy atom. The van der Waals surface area contributed by atoms with Crippen LogP contribution in [0.5, 0.6) is 5.75 Å². The monoisotopic (exact) mass is 450 g/mol. The Kier molecular flexibility index (Phi) is 6.31. The summed E-state index contributed by atoms with van der Waals surface area (Å²) in [6.45, 7) is 12.3. The summed E-state index contributed by atoms with van der Waals surface area (Å²) in [5.74, 6) is 1.73. The van der Waals surface area contributed by atoms with Crippen molar-refractivity contribution in [3.63, 3.8) is 0 Å². The molecular formula is C26H30N2O5. The van der Waals surface area contributed by atoms with Crippen LogP contribution in [-0.2, 0) is 4.79 Å². The molecule has 4 rings (SSSR count). The van der Waals surface area contributed by atoms with E-state index in [2.05, 4.69) is 6.07 Å². The van der Waals surface area contributed by atoms with E-state index in [1.807, 2.05) is 34.6 Å². The minimum absolute atomic E-state index is 0.0714. The number of furan rings is 2. The lowest BCUT2D eigenvalue weighted by atomic mass is 9.98. The zero-order valence-corrected chi connectivity index (χ0v) is 19.9. The molecule has 0 bridgehead atoms. The van der Waals surface area contributed by atoms with Crippen LogP contribution in [0.2, 0.25) is 0 Å². The van der Waals surface area contributed by atoms with Gasteiger partial charge in [-0.1, -0.05) is 0 Å². The first-order chi connectivity index (χ1) is 15.8. The van der Waals surface area contributed by atoms with Crippen molar-refractivity contribution in [2.24, 2.45) is 0 Å². The van der Waals surface area contributed by atoms with Crippen molar-refractivity contribution in [3.8, 4) is 5.75 Å². The lowest BCUT2D eigenvalue weighted by molar-refractivity contribution is -0.127. The summed E-state index contributed by atoms with van der Waals surface area (Å²) in [6, 6.07) is 5.41. The second kappa shape index (κ2) is 9.17. The second-order valence-corrected chi connectivity index (χ2v) is 8.39. The Balaban J connectivity index is 1.55. The molecule has 1 aliphatic heterocycles. The molecule has 0 radical (unpaired) electrons. The molecule has 0 atom stereocenters. The minimum atomic E-state index is -0.144. The summed E-state index contributed by atoms with van der Waals surface area (Å²) in [5.41, 5.74) is 4.58. The highest BCUT2D eigenvalue weighted by molar-refractivity contribution is 5.98. The van der Waals surface area contributed by atoms with Gasteiger partial charge in [-0.15, -0.1) is 0 Å². The lowest BCUT2D eigenvalue weighted by Gasteiger charge is -2.34. The number of benzene rings is 1. The molecule has 3 heterocycles. The van der Waals surface area contributed by atoms with Crippen LogP contribution in [0.4, 0.5) is 0 Å². The van der Waals surface area contributed by atoms with Crippen LogP contribution in [0, 0.1) is 20.8 Å². The van der Waals surface area contributed by atoms with Crippen molar-refractivity contribution in [2.75, 3.05) is 32.8 Å². The van der Waals surface area contributed by atoms with Crippen LogP contribution < -0.4 is 4.74 Å². The molecule has 33 heavy (non-hydrogen) atoms. The molecule has 0 aliphatic carbocycles. The Morgan fingerprint density at radius 3 is 2.42 bits per heavy atom. The van der Waals surface area contributed by atoms with Gasteiger partial charge in [-0.2, -0.15) is 0 Å². The van der Waals surface area contributed by atoms with E-state index in [-0.39, 0.29) is 11.8 Å². The molecule has 1 fully saturated rings. The Hall–Kier alpha value is -3.48. The van der Waals surface area contributed by atoms with E-state index in [4.69, 9.17) is 13.6 Å². The SMILES string of the molecule is CCOc1c(/C(C)=C/C(=O)N2CCN(C(=O)c3ccco3)CC2)cc2c(C)c(C)oc2c1C. The number of hydrogen-bond acceptors (Lipinski definition) is 5. The maximum atomic E-state index is 13.0. The van der Waals surface area contributed by atoms with Gasteiger partial charge in [0.1, 0.15) is 17.1 Å². The van der Waals surface area contributed by atoms with Gasteiger partial charge in [-0.05, 0) is 64.0 Å². The number of carbonyl (C=O) groups excluding carboxylic acids is 2. The van der Waals surface area contributed by atoms with Gasteiger partial charge >= 0.3 is 0 Å². The molecule has 2 aromatic heterocycles. The third-order valence-corrected chi connectivity index (χ3v) is 6.31. The average Bonchev–Trinajstić information content (AvgIpc) is 3.44. The van der Waals surface area contributed by atoms with Crippen LogP contribution in [0.25, 0.3) is 16.5 Å². The molecular weight excluding hydrogens is 420 g/mol.